The van der Waals surface area contributed by atoms with Crippen LogP contribution < -0.4 is 5.73 Å². The summed E-state index contributed by atoms with van der Waals surface area (Å²) in [4.78, 5) is 0. The summed E-state index contributed by atoms with van der Waals surface area (Å²) in [5.41, 5.74) is 5.28. The molecule has 1 unspecified atom stereocenters. The Hall–Kier alpha value is -0.130. The van der Waals surface area contributed by atoms with E-state index in [1.165, 1.54) is 104 Å². The molecule has 0 saturated heterocycles. The highest BCUT2D eigenvalue weighted by Gasteiger charge is 2.47. The molecule has 0 saturated carbocycles. The standard InChI is InChI=1S/C23H49NO3S/c1-5-6-7-8-9-10-11-12-13-14-15-16-17-18-19-20-21-23(4,24)22(2,3)28(25,26)27/h5-21,24H2,1-4H3,(H,25,26,27). The molecule has 0 aromatic carbocycles. The maximum absolute atomic E-state index is 11.5. The Bertz CT molecular complexity index is 472. The van der Waals surface area contributed by atoms with Crippen molar-refractivity contribution in [2.75, 3.05) is 0 Å². The number of nitrogens with two attached hydrogens (primary N) is 1. The third kappa shape index (κ3) is 11.8. The fraction of sp³-hybridized carbons (Fsp3) is 1.00. The van der Waals surface area contributed by atoms with Crippen molar-refractivity contribution in [1.82, 2.24) is 0 Å². The summed E-state index contributed by atoms with van der Waals surface area (Å²) in [5.74, 6) is 0. The molecule has 0 aliphatic carbocycles. The van der Waals surface area contributed by atoms with E-state index >= 15 is 0 Å². The molecule has 1 atom stereocenters. The summed E-state index contributed by atoms with van der Waals surface area (Å²) in [7, 11) is -4.16. The molecule has 0 aliphatic rings. The molecule has 28 heavy (non-hydrogen) atoms. The monoisotopic (exact) mass is 419 g/mol. The van der Waals surface area contributed by atoms with Gasteiger partial charge < -0.3 is 5.73 Å². The zero-order valence-corrected chi connectivity index (χ0v) is 20.1. The van der Waals surface area contributed by atoms with Crippen molar-refractivity contribution in [2.24, 2.45) is 5.73 Å². The number of hydrogen-bond acceptors (Lipinski definition) is 3. The minimum atomic E-state index is -4.16. The summed E-state index contributed by atoms with van der Waals surface area (Å²) >= 11 is 0. The van der Waals surface area contributed by atoms with E-state index in [9.17, 15) is 13.0 Å². The fourth-order valence-electron chi connectivity index (χ4n) is 3.64. The van der Waals surface area contributed by atoms with Crippen molar-refractivity contribution in [3.05, 3.63) is 0 Å². The van der Waals surface area contributed by atoms with Crippen LogP contribution in [0.4, 0.5) is 0 Å². The molecule has 0 heterocycles. The van der Waals surface area contributed by atoms with E-state index in [0.29, 0.717) is 6.42 Å². The van der Waals surface area contributed by atoms with Crippen molar-refractivity contribution in [2.45, 2.75) is 147 Å². The van der Waals surface area contributed by atoms with Crippen LogP contribution in [0, 0.1) is 0 Å². The molecule has 3 N–H and O–H groups in total. The second kappa shape index (κ2) is 14.8. The third-order valence-corrected chi connectivity index (χ3v) is 8.33. The fourth-order valence-corrected chi connectivity index (χ4v) is 4.33. The number of hydrogen-bond donors (Lipinski definition) is 2. The van der Waals surface area contributed by atoms with Crippen molar-refractivity contribution < 1.29 is 13.0 Å². The van der Waals surface area contributed by atoms with Gasteiger partial charge in [-0.05, 0) is 27.2 Å². The SMILES string of the molecule is CCCCCCCCCCCCCCCCCCC(C)(N)C(C)(C)S(=O)(=O)O. The predicted molar refractivity (Wildman–Crippen MR) is 122 cm³/mol. The lowest BCUT2D eigenvalue weighted by Gasteiger charge is -2.38. The third-order valence-electron chi connectivity index (χ3n) is 6.57. The molecule has 0 aromatic rings. The van der Waals surface area contributed by atoms with E-state index in [-0.39, 0.29) is 0 Å². The van der Waals surface area contributed by atoms with Crippen LogP contribution in [-0.4, -0.2) is 23.3 Å². The van der Waals surface area contributed by atoms with Crippen LogP contribution in [0.2, 0.25) is 0 Å². The Morgan fingerprint density at radius 3 is 1.21 bits per heavy atom. The minimum absolute atomic E-state index is 0.609. The lowest BCUT2D eigenvalue weighted by Crippen LogP contribution is -2.58. The first-order chi connectivity index (χ1) is 13.1. The normalized spacial score (nSPS) is 14.9. The summed E-state index contributed by atoms with van der Waals surface area (Å²) in [6.45, 7) is 7.01. The van der Waals surface area contributed by atoms with Gasteiger partial charge in [0.15, 0.2) is 0 Å². The Labute approximate surface area is 176 Å². The van der Waals surface area contributed by atoms with Gasteiger partial charge in [0, 0.05) is 5.54 Å². The van der Waals surface area contributed by atoms with Crippen LogP contribution in [0.25, 0.3) is 0 Å². The Balaban J connectivity index is 3.51. The quantitative estimate of drug-likeness (QED) is 0.174. The van der Waals surface area contributed by atoms with Crippen molar-refractivity contribution in [3.63, 3.8) is 0 Å². The second-order valence-corrected chi connectivity index (χ2v) is 11.4. The van der Waals surface area contributed by atoms with Gasteiger partial charge in [0.05, 0.1) is 0 Å². The van der Waals surface area contributed by atoms with Gasteiger partial charge in [-0.25, -0.2) is 0 Å². The van der Waals surface area contributed by atoms with Gasteiger partial charge in [-0.1, -0.05) is 110 Å². The highest BCUT2D eigenvalue weighted by molar-refractivity contribution is 7.87. The average Bonchev–Trinajstić information content (AvgIpc) is 2.60. The maximum Gasteiger partial charge on any atom is 0.271 e. The van der Waals surface area contributed by atoms with Gasteiger partial charge in [0.1, 0.15) is 4.75 Å². The van der Waals surface area contributed by atoms with E-state index < -0.39 is 20.4 Å². The van der Waals surface area contributed by atoms with E-state index in [4.69, 9.17) is 5.73 Å². The summed E-state index contributed by atoms with van der Waals surface area (Å²) in [6, 6.07) is 0. The van der Waals surface area contributed by atoms with E-state index in [0.717, 1.165) is 12.8 Å². The van der Waals surface area contributed by atoms with Gasteiger partial charge in [-0.2, -0.15) is 8.42 Å². The van der Waals surface area contributed by atoms with Crippen LogP contribution in [0.15, 0.2) is 0 Å². The predicted octanol–water partition coefficient (Wildman–Crippen LogP) is 7.02. The molecule has 0 rings (SSSR count). The smallest absolute Gasteiger partial charge is 0.271 e. The number of unbranched alkanes of at least 4 members (excludes halogenated alkanes) is 15. The summed E-state index contributed by atoms with van der Waals surface area (Å²) in [5, 5.41) is 0. The summed E-state index contributed by atoms with van der Waals surface area (Å²) < 4.78 is 31.2. The first kappa shape index (κ1) is 27.9. The molecule has 0 fully saturated rings. The highest BCUT2D eigenvalue weighted by Crippen LogP contribution is 2.31. The maximum atomic E-state index is 11.5. The average molecular weight is 420 g/mol. The molecular weight excluding hydrogens is 370 g/mol. The van der Waals surface area contributed by atoms with Crippen LogP contribution in [0.5, 0.6) is 0 Å². The van der Waals surface area contributed by atoms with Crippen molar-refractivity contribution in [1.29, 1.82) is 0 Å². The Kier molecular flexibility index (Phi) is 14.7. The molecule has 0 radical (unpaired) electrons. The van der Waals surface area contributed by atoms with Crippen molar-refractivity contribution >= 4 is 10.1 Å². The van der Waals surface area contributed by atoms with Gasteiger partial charge in [0.25, 0.3) is 10.1 Å². The first-order valence-corrected chi connectivity index (χ1v) is 13.3. The van der Waals surface area contributed by atoms with Crippen LogP contribution in [0.3, 0.4) is 0 Å². The van der Waals surface area contributed by atoms with E-state index in [1.54, 1.807) is 6.92 Å². The molecule has 4 nitrogen and oxygen atoms in total. The largest absolute Gasteiger partial charge is 0.324 e. The van der Waals surface area contributed by atoms with Crippen molar-refractivity contribution in [3.8, 4) is 0 Å². The topological polar surface area (TPSA) is 80.4 Å². The second-order valence-electron chi connectivity index (χ2n) is 9.46. The van der Waals surface area contributed by atoms with E-state index in [2.05, 4.69) is 6.92 Å². The Morgan fingerprint density at radius 2 is 0.929 bits per heavy atom. The minimum Gasteiger partial charge on any atom is -0.324 e. The van der Waals surface area contributed by atoms with Crippen LogP contribution >= 0.6 is 0 Å². The molecule has 5 heteroatoms. The number of rotatable bonds is 19. The zero-order valence-electron chi connectivity index (χ0n) is 19.3. The molecule has 0 aliphatic heterocycles. The molecule has 0 bridgehead atoms. The summed E-state index contributed by atoms with van der Waals surface area (Å²) in [6.07, 6.45) is 21.6. The van der Waals surface area contributed by atoms with Crippen LogP contribution in [-0.2, 0) is 10.1 Å². The highest BCUT2D eigenvalue weighted by atomic mass is 32.2. The lowest BCUT2D eigenvalue weighted by atomic mass is 9.83. The van der Waals surface area contributed by atoms with Gasteiger partial charge in [-0.3, -0.25) is 4.55 Å². The zero-order chi connectivity index (χ0) is 21.5. The van der Waals surface area contributed by atoms with Gasteiger partial charge in [-0.15, -0.1) is 0 Å². The molecule has 0 aromatic heterocycles. The van der Waals surface area contributed by atoms with E-state index in [1.807, 2.05) is 0 Å². The first-order valence-electron chi connectivity index (χ1n) is 11.8. The van der Waals surface area contributed by atoms with Gasteiger partial charge in [0.2, 0.25) is 0 Å². The lowest BCUT2D eigenvalue weighted by molar-refractivity contribution is 0.300. The molecular formula is C23H49NO3S. The molecule has 0 spiro atoms. The molecule has 170 valence electrons. The Morgan fingerprint density at radius 1 is 0.643 bits per heavy atom. The van der Waals surface area contributed by atoms with Gasteiger partial charge >= 0.3 is 0 Å². The molecule has 0 amide bonds. The van der Waals surface area contributed by atoms with Crippen LogP contribution in [0.1, 0.15) is 137 Å².